The van der Waals surface area contributed by atoms with Crippen molar-refractivity contribution < 1.29 is 15.0 Å². The van der Waals surface area contributed by atoms with Gasteiger partial charge in [0, 0.05) is 0 Å². The fourth-order valence-electron chi connectivity index (χ4n) is 1.75. The molecule has 0 radical (unpaired) electrons. The maximum absolute atomic E-state index is 10.8. The number of aliphatic carboxylic acids is 1. The zero-order valence-corrected chi connectivity index (χ0v) is 11.8. The van der Waals surface area contributed by atoms with Crippen LogP contribution in [0.2, 0.25) is 0 Å². The summed E-state index contributed by atoms with van der Waals surface area (Å²) < 4.78 is 0. The molecule has 1 heterocycles. The van der Waals surface area contributed by atoms with Crippen molar-refractivity contribution in [2.24, 2.45) is 0 Å². The molecule has 0 aromatic carbocycles. The Hall–Kier alpha value is -2.20. The van der Waals surface area contributed by atoms with Crippen LogP contribution in [-0.2, 0) is 17.6 Å². The molecule has 1 unspecified atom stereocenters. The number of hydrogen-bond donors (Lipinski definition) is 3. The highest BCUT2D eigenvalue weighted by Crippen LogP contribution is 2.20. The second-order valence-electron chi connectivity index (χ2n) is 4.60. The van der Waals surface area contributed by atoms with Gasteiger partial charge in [-0.05, 0) is 25.3 Å². The summed E-state index contributed by atoms with van der Waals surface area (Å²) in [5, 5.41) is 38.4. The van der Waals surface area contributed by atoms with Crippen LogP contribution in [0.15, 0.2) is 0 Å². The number of carboxylic acids is 1. The van der Waals surface area contributed by atoms with Gasteiger partial charge in [-0.2, -0.15) is 10.4 Å². The van der Waals surface area contributed by atoms with Crippen molar-refractivity contribution in [3.05, 3.63) is 16.8 Å². The van der Waals surface area contributed by atoms with Crippen LogP contribution < -0.4 is 5.32 Å². The number of carboxylic acid groups (broad SMARTS) is 1. The smallest absolute Gasteiger partial charge is 0.337 e. The average molecular weight is 278 g/mol. The van der Waals surface area contributed by atoms with E-state index in [0.29, 0.717) is 18.4 Å². The normalized spacial score (nSPS) is 13.3. The van der Waals surface area contributed by atoms with Crippen molar-refractivity contribution in [1.82, 2.24) is 10.2 Å². The van der Waals surface area contributed by atoms with Gasteiger partial charge >= 0.3 is 5.97 Å². The van der Waals surface area contributed by atoms with Crippen LogP contribution in [0.25, 0.3) is 0 Å². The molecule has 108 valence electrons. The lowest BCUT2D eigenvalue weighted by atomic mass is 10.0. The van der Waals surface area contributed by atoms with Gasteiger partial charge in [0.1, 0.15) is 11.6 Å². The van der Waals surface area contributed by atoms with Crippen molar-refractivity contribution in [2.75, 3.05) is 11.9 Å². The third-order valence-electron chi connectivity index (χ3n) is 3.02. The van der Waals surface area contributed by atoms with Crippen LogP contribution >= 0.6 is 0 Å². The molecule has 0 saturated heterocycles. The minimum Gasteiger partial charge on any atom is -0.479 e. The molecule has 1 aromatic heterocycles. The Morgan fingerprint density at radius 2 is 2.05 bits per heavy atom. The Kier molecular flexibility index (Phi) is 5.00. The maximum Gasteiger partial charge on any atom is 0.337 e. The standard InChI is InChI=1S/C13H18N4O3/c1-4-8-9(6-14)11(17-16-10(8)5-2)15-7-13(3,20)12(18)19/h20H,4-5,7H2,1-3H3,(H,15,17)(H,18,19). The van der Waals surface area contributed by atoms with Crippen molar-refractivity contribution in [3.63, 3.8) is 0 Å². The molecular formula is C13H18N4O3. The second-order valence-corrected chi connectivity index (χ2v) is 4.60. The molecule has 1 aromatic rings. The van der Waals surface area contributed by atoms with Crippen LogP contribution in [0.4, 0.5) is 5.82 Å². The molecule has 0 spiro atoms. The number of anilines is 1. The van der Waals surface area contributed by atoms with Crippen molar-refractivity contribution in [1.29, 1.82) is 5.26 Å². The molecule has 3 N–H and O–H groups in total. The number of nitrogens with one attached hydrogen (secondary N) is 1. The largest absolute Gasteiger partial charge is 0.479 e. The quantitative estimate of drug-likeness (QED) is 0.701. The molecule has 1 rings (SSSR count). The molecule has 7 nitrogen and oxygen atoms in total. The first kappa shape index (κ1) is 15.9. The Labute approximate surface area is 117 Å². The molecule has 0 amide bonds. The van der Waals surface area contributed by atoms with E-state index < -0.39 is 11.6 Å². The minimum absolute atomic E-state index is 0.197. The maximum atomic E-state index is 10.8. The SMILES string of the molecule is CCc1nnc(NCC(C)(O)C(=O)O)c(C#N)c1CC. The Morgan fingerprint density at radius 1 is 1.40 bits per heavy atom. The van der Waals surface area contributed by atoms with Gasteiger partial charge in [-0.25, -0.2) is 4.79 Å². The summed E-state index contributed by atoms with van der Waals surface area (Å²) in [6.45, 7) is 4.74. The van der Waals surface area contributed by atoms with E-state index in [2.05, 4.69) is 21.6 Å². The average Bonchev–Trinajstić information content (AvgIpc) is 2.43. The predicted octanol–water partition coefficient (Wildman–Crippen LogP) is 0.721. The first-order valence-corrected chi connectivity index (χ1v) is 6.35. The van der Waals surface area contributed by atoms with Gasteiger partial charge in [0.25, 0.3) is 0 Å². The predicted molar refractivity (Wildman–Crippen MR) is 72.3 cm³/mol. The van der Waals surface area contributed by atoms with E-state index in [-0.39, 0.29) is 12.4 Å². The molecule has 0 saturated carbocycles. The number of nitrogens with zero attached hydrogens (tertiary/aromatic N) is 3. The topological polar surface area (TPSA) is 119 Å². The van der Waals surface area contributed by atoms with Gasteiger partial charge in [-0.3, -0.25) is 0 Å². The molecule has 0 aliphatic carbocycles. The highest BCUT2D eigenvalue weighted by atomic mass is 16.4. The van der Waals surface area contributed by atoms with Gasteiger partial charge in [-0.15, -0.1) is 5.10 Å². The Morgan fingerprint density at radius 3 is 2.50 bits per heavy atom. The third kappa shape index (κ3) is 3.22. The minimum atomic E-state index is -1.94. The molecule has 1 atom stereocenters. The van der Waals surface area contributed by atoms with E-state index in [1.807, 2.05) is 13.8 Å². The van der Waals surface area contributed by atoms with E-state index in [4.69, 9.17) is 5.11 Å². The summed E-state index contributed by atoms with van der Waals surface area (Å²) in [5.74, 6) is -1.15. The lowest BCUT2D eigenvalue weighted by Crippen LogP contribution is -2.42. The first-order chi connectivity index (χ1) is 9.37. The molecule has 0 fully saturated rings. The van der Waals surface area contributed by atoms with E-state index in [1.165, 1.54) is 6.92 Å². The van der Waals surface area contributed by atoms with Gasteiger partial charge in [-0.1, -0.05) is 13.8 Å². The summed E-state index contributed by atoms with van der Waals surface area (Å²) in [4.78, 5) is 10.8. The van der Waals surface area contributed by atoms with E-state index in [0.717, 1.165) is 11.3 Å². The van der Waals surface area contributed by atoms with Crippen molar-refractivity contribution >= 4 is 11.8 Å². The Balaban J connectivity index is 3.09. The number of aryl methyl sites for hydroxylation is 1. The van der Waals surface area contributed by atoms with E-state index >= 15 is 0 Å². The summed E-state index contributed by atoms with van der Waals surface area (Å²) >= 11 is 0. The molecule has 0 bridgehead atoms. The highest BCUT2D eigenvalue weighted by Gasteiger charge is 2.30. The van der Waals surface area contributed by atoms with Gasteiger partial charge in [0.15, 0.2) is 11.4 Å². The molecular weight excluding hydrogens is 260 g/mol. The van der Waals surface area contributed by atoms with Crippen LogP contribution in [-0.4, -0.2) is 38.5 Å². The molecule has 7 heteroatoms. The molecule has 0 aliphatic heterocycles. The third-order valence-corrected chi connectivity index (χ3v) is 3.02. The highest BCUT2D eigenvalue weighted by molar-refractivity contribution is 5.77. The summed E-state index contributed by atoms with van der Waals surface area (Å²) in [6, 6.07) is 2.06. The van der Waals surface area contributed by atoms with Crippen LogP contribution in [0, 0.1) is 11.3 Å². The fraction of sp³-hybridized carbons (Fsp3) is 0.538. The zero-order valence-electron chi connectivity index (χ0n) is 11.8. The number of aliphatic hydroxyl groups is 1. The fourth-order valence-corrected chi connectivity index (χ4v) is 1.75. The van der Waals surface area contributed by atoms with Crippen molar-refractivity contribution in [3.8, 4) is 6.07 Å². The number of hydrogen-bond acceptors (Lipinski definition) is 6. The lowest BCUT2D eigenvalue weighted by molar-refractivity contribution is -0.155. The number of nitriles is 1. The van der Waals surface area contributed by atoms with Gasteiger partial charge < -0.3 is 15.5 Å². The monoisotopic (exact) mass is 278 g/mol. The number of carbonyl (C=O) groups is 1. The van der Waals surface area contributed by atoms with Crippen molar-refractivity contribution in [2.45, 2.75) is 39.2 Å². The van der Waals surface area contributed by atoms with Gasteiger partial charge in [0.2, 0.25) is 0 Å². The summed E-state index contributed by atoms with van der Waals surface area (Å²) in [7, 11) is 0. The van der Waals surface area contributed by atoms with E-state index in [9.17, 15) is 15.2 Å². The van der Waals surface area contributed by atoms with Crippen LogP contribution in [0.1, 0.15) is 37.6 Å². The number of rotatable bonds is 6. The van der Waals surface area contributed by atoms with Gasteiger partial charge in [0.05, 0.1) is 12.2 Å². The van der Waals surface area contributed by atoms with Crippen LogP contribution in [0.3, 0.4) is 0 Å². The number of aromatic nitrogens is 2. The zero-order chi connectivity index (χ0) is 15.3. The Bertz CT molecular complexity index is 549. The van der Waals surface area contributed by atoms with Crippen LogP contribution in [0.5, 0.6) is 0 Å². The second kappa shape index (κ2) is 6.30. The lowest BCUT2D eigenvalue weighted by Gasteiger charge is -2.19. The van der Waals surface area contributed by atoms with E-state index in [1.54, 1.807) is 0 Å². The summed E-state index contributed by atoms with van der Waals surface area (Å²) in [6.07, 6.45) is 1.30. The first-order valence-electron chi connectivity index (χ1n) is 6.35. The molecule has 20 heavy (non-hydrogen) atoms. The molecule has 0 aliphatic rings. The summed E-state index contributed by atoms with van der Waals surface area (Å²) in [5.41, 5.74) is -0.0490.